The monoisotopic (exact) mass is 259 g/mol. The summed E-state index contributed by atoms with van der Waals surface area (Å²) in [4.78, 5) is 14.6. The van der Waals surface area contributed by atoms with E-state index in [0.29, 0.717) is 17.0 Å². The second kappa shape index (κ2) is 4.93. The molecule has 0 bridgehead atoms. The smallest absolute Gasteiger partial charge is 0.354 e. The summed E-state index contributed by atoms with van der Waals surface area (Å²) < 4.78 is 5.45. The normalized spacial score (nSPS) is 10.2. The van der Waals surface area contributed by atoms with E-state index in [-0.39, 0.29) is 17.3 Å². The van der Waals surface area contributed by atoms with Crippen molar-refractivity contribution in [1.82, 2.24) is 4.98 Å². The average Bonchev–Trinajstić information content (AvgIpc) is 2.37. The standard InChI is InChI=1S/C13H13N3O3/c1-8-9(2)15-13(12(11(8)14)16(17)18)19-10-6-4-3-5-7-10/h3-7H,1-2H3,(H2,14,15). The predicted octanol–water partition coefficient (Wildman–Crippen LogP) is 2.98. The van der Waals surface area contributed by atoms with E-state index in [0.717, 1.165) is 0 Å². The number of aryl methyl sites for hydroxylation is 1. The van der Waals surface area contributed by atoms with Gasteiger partial charge in [0.1, 0.15) is 11.4 Å². The topological polar surface area (TPSA) is 91.3 Å². The van der Waals surface area contributed by atoms with Gasteiger partial charge in [0.2, 0.25) is 0 Å². The van der Waals surface area contributed by atoms with Crippen LogP contribution < -0.4 is 10.5 Å². The Bertz CT molecular complexity index is 627. The molecular weight excluding hydrogens is 246 g/mol. The maximum absolute atomic E-state index is 11.1. The van der Waals surface area contributed by atoms with Crippen molar-refractivity contribution in [3.05, 3.63) is 51.7 Å². The van der Waals surface area contributed by atoms with E-state index in [1.165, 1.54) is 0 Å². The van der Waals surface area contributed by atoms with Gasteiger partial charge in [-0.25, -0.2) is 4.98 Å². The summed E-state index contributed by atoms with van der Waals surface area (Å²) >= 11 is 0. The molecule has 6 heteroatoms. The van der Waals surface area contributed by atoms with Crippen LogP contribution in [0.3, 0.4) is 0 Å². The second-order valence-electron chi connectivity index (χ2n) is 4.06. The highest BCUT2D eigenvalue weighted by Crippen LogP contribution is 2.37. The summed E-state index contributed by atoms with van der Waals surface area (Å²) in [6.45, 7) is 3.42. The van der Waals surface area contributed by atoms with E-state index < -0.39 is 4.92 Å². The zero-order chi connectivity index (χ0) is 14.0. The Hall–Kier alpha value is -2.63. The fourth-order valence-electron chi connectivity index (χ4n) is 1.62. The molecule has 6 nitrogen and oxygen atoms in total. The van der Waals surface area contributed by atoms with Gasteiger partial charge in [-0.1, -0.05) is 18.2 Å². The Morgan fingerprint density at radius 1 is 1.26 bits per heavy atom. The SMILES string of the molecule is Cc1nc(Oc2ccccc2)c([N+](=O)[O-])c(N)c1C. The molecule has 0 aliphatic rings. The van der Waals surface area contributed by atoms with E-state index in [4.69, 9.17) is 10.5 Å². The number of hydrogen-bond acceptors (Lipinski definition) is 5. The summed E-state index contributed by atoms with van der Waals surface area (Å²) in [5, 5.41) is 11.1. The minimum Gasteiger partial charge on any atom is -0.434 e. The third kappa shape index (κ3) is 2.47. The minimum atomic E-state index is -0.576. The van der Waals surface area contributed by atoms with Crippen molar-refractivity contribution in [3.8, 4) is 11.6 Å². The first-order valence-electron chi connectivity index (χ1n) is 5.64. The van der Waals surface area contributed by atoms with Crippen molar-refractivity contribution in [2.24, 2.45) is 0 Å². The summed E-state index contributed by atoms with van der Waals surface area (Å²) in [5.74, 6) is 0.387. The van der Waals surface area contributed by atoms with E-state index in [9.17, 15) is 10.1 Å². The van der Waals surface area contributed by atoms with Gasteiger partial charge in [0.25, 0.3) is 0 Å². The molecule has 0 atom stereocenters. The zero-order valence-corrected chi connectivity index (χ0v) is 10.6. The number of anilines is 1. The third-order valence-corrected chi connectivity index (χ3v) is 2.81. The van der Waals surface area contributed by atoms with Gasteiger partial charge >= 0.3 is 11.6 Å². The van der Waals surface area contributed by atoms with E-state index in [1.807, 2.05) is 6.07 Å². The number of hydrogen-bond donors (Lipinski definition) is 1. The maximum atomic E-state index is 11.1. The Kier molecular flexibility index (Phi) is 3.33. The minimum absolute atomic E-state index is 0.0863. The van der Waals surface area contributed by atoms with Gasteiger partial charge in [-0.15, -0.1) is 0 Å². The number of aromatic nitrogens is 1. The van der Waals surface area contributed by atoms with Crippen molar-refractivity contribution in [2.75, 3.05) is 5.73 Å². The molecule has 0 aliphatic carbocycles. The van der Waals surface area contributed by atoms with Crippen molar-refractivity contribution < 1.29 is 9.66 Å². The summed E-state index contributed by atoms with van der Waals surface area (Å²) in [5.41, 5.74) is 6.76. The Morgan fingerprint density at radius 3 is 2.47 bits per heavy atom. The fourth-order valence-corrected chi connectivity index (χ4v) is 1.62. The van der Waals surface area contributed by atoms with Crippen LogP contribution in [0.2, 0.25) is 0 Å². The third-order valence-electron chi connectivity index (χ3n) is 2.81. The second-order valence-corrected chi connectivity index (χ2v) is 4.06. The molecule has 0 fully saturated rings. The highest BCUT2D eigenvalue weighted by Gasteiger charge is 2.25. The number of nitrogens with two attached hydrogens (primary N) is 1. The van der Waals surface area contributed by atoms with Crippen LogP contribution in [0.4, 0.5) is 11.4 Å². The molecular formula is C13H13N3O3. The first-order chi connectivity index (χ1) is 9.00. The number of ether oxygens (including phenoxy) is 1. The Balaban J connectivity index is 2.53. The van der Waals surface area contributed by atoms with E-state index in [2.05, 4.69) is 4.98 Å². The molecule has 0 spiro atoms. The molecule has 19 heavy (non-hydrogen) atoms. The lowest BCUT2D eigenvalue weighted by Crippen LogP contribution is -2.05. The van der Waals surface area contributed by atoms with Gasteiger partial charge in [-0.2, -0.15) is 0 Å². The number of nitrogen functional groups attached to an aromatic ring is 1. The fraction of sp³-hybridized carbons (Fsp3) is 0.154. The lowest BCUT2D eigenvalue weighted by Gasteiger charge is -2.10. The molecule has 1 aromatic carbocycles. The van der Waals surface area contributed by atoms with Crippen LogP contribution in [0.1, 0.15) is 11.3 Å². The quantitative estimate of drug-likeness (QED) is 0.675. The number of para-hydroxylation sites is 1. The van der Waals surface area contributed by atoms with Crippen LogP contribution in [-0.4, -0.2) is 9.91 Å². The van der Waals surface area contributed by atoms with Crippen molar-refractivity contribution in [1.29, 1.82) is 0 Å². The van der Waals surface area contributed by atoms with Crippen molar-refractivity contribution in [2.45, 2.75) is 13.8 Å². The van der Waals surface area contributed by atoms with Crippen LogP contribution in [0, 0.1) is 24.0 Å². The zero-order valence-electron chi connectivity index (χ0n) is 10.6. The maximum Gasteiger partial charge on any atom is 0.354 e. The molecule has 2 rings (SSSR count). The van der Waals surface area contributed by atoms with Crippen molar-refractivity contribution >= 4 is 11.4 Å². The number of rotatable bonds is 3. The molecule has 0 aliphatic heterocycles. The molecule has 0 unspecified atom stereocenters. The van der Waals surface area contributed by atoms with Gasteiger partial charge in [0, 0.05) is 11.3 Å². The van der Waals surface area contributed by atoms with Crippen LogP contribution in [0.5, 0.6) is 11.6 Å². The Labute approximate surface area is 110 Å². The van der Waals surface area contributed by atoms with E-state index >= 15 is 0 Å². The number of pyridine rings is 1. The average molecular weight is 259 g/mol. The first-order valence-corrected chi connectivity index (χ1v) is 5.64. The van der Waals surface area contributed by atoms with Crippen LogP contribution in [0.15, 0.2) is 30.3 Å². The molecule has 1 aromatic heterocycles. The lowest BCUT2D eigenvalue weighted by molar-refractivity contribution is -0.385. The van der Waals surface area contributed by atoms with Crippen molar-refractivity contribution in [3.63, 3.8) is 0 Å². The van der Waals surface area contributed by atoms with E-state index in [1.54, 1.807) is 38.1 Å². The van der Waals surface area contributed by atoms with Crippen LogP contribution in [0.25, 0.3) is 0 Å². The predicted molar refractivity (Wildman–Crippen MR) is 71.3 cm³/mol. The largest absolute Gasteiger partial charge is 0.434 e. The molecule has 2 N–H and O–H groups in total. The highest BCUT2D eigenvalue weighted by atomic mass is 16.6. The molecule has 0 saturated carbocycles. The van der Waals surface area contributed by atoms with Gasteiger partial charge < -0.3 is 10.5 Å². The number of nitrogens with zero attached hydrogens (tertiary/aromatic N) is 2. The first kappa shape index (κ1) is 12.8. The number of benzene rings is 1. The highest BCUT2D eigenvalue weighted by molar-refractivity contribution is 5.68. The van der Waals surface area contributed by atoms with Gasteiger partial charge in [0.05, 0.1) is 4.92 Å². The Morgan fingerprint density at radius 2 is 1.89 bits per heavy atom. The summed E-state index contributed by atoms with van der Waals surface area (Å²) in [6, 6.07) is 8.74. The van der Waals surface area contributed by atoms with Gasteiger partial charge in [0.15, 0.2) is 0 Å². The lowest BCUT2D eigenvalue weighted by atomic mass is 10.1. The van der Waals surface area contributed by atoms with Gasteiger partial charge in [-0.05, 0) is 26.0 Å². The molecule has 2 aromatic rings. The van der Waals surface area contributed by atoms with Gasteiger partial charge in [-0.3, -0.25) is 10.1 Å². The summed E-state index contributed by atoms with van der Waals surface area (Å²) in [7, 11) is 0. The van der Waals surface area contributed by atoms with Crippen LogP contribution >= 0.6 is 0 Å². The molecule has 0 radical (unpaired) electrons. The molecule has 1 heterocycles. The number of nitro groups is 1. The van der Waals surface area contributed by atoms with Crippen LogP contribution in [-0.2, 0) is 0 Å². The molecule has 0 saturated heterocycles. The molecule has 98 valence electrons. The summed E-state index contributed by atoms with van der Waals surface area (Å²) in [6.07, 6.45) is 0. The molecule has 0 amide bonds.